The Kier molecular flexibility index (Phi) is 5.83. The van der Waals surface area contributed by atoms with Crippen molar-refractivity contribution < 1.29 is 21.9 Å². The molecule has 5 nitrogen and oxygen atoms in total. The van der Waals surface area contributed by atoms with Crippen molar-refractivity contribution in [3.05, 3.63) is 65.2 Å². The lowest BCUT2D eigenvalue weighted by molar-refractivity contribution is 0.129. The third kappa shape index (κ3) is 4.08. The minimum Gasteiger partial charge on any atom is -0.497 e. The molecule has 0 saturated carbocycles. The smallest absolute Gasteiger partial charge is 0.211 e. The Balaban J connectivity index is 1.59. The van der Waals surface area contributed by atoms with Crippen molar-refractivity contribution in [3.8, 4) is 5.75 Å². The Labute approximate surface area is 176 Å². The third-order valence-electron chi connectivity index (χ3n) is 6.36. The Morgan fingerprint density at radius 3 is 2.50 bits per heavy atom. The van der Waals surface area contributed by atoms with Gasteiger partial charge in [0.2, 0.25) is 10.0 Å². The Hall–Kier alpha value is -2.03. The average Bonchev–Trinajstić information content (AvgIpc) is 3.11. The van der Waals surface area contributed by atoms with Gasteiger partial charge in [-0.3, -0.25) is 4.90 Å². The molecule has 0 aliphatic carbocycles. The fraction of sp³-hybridized carbons (Fsp3) is 0.455. The molecule has 2 saturated heterocycles. The molecular weight excluding hydrogens is 410 g/mol. The average molecular weight is 437 g/mol. The molecule has 30 heavy (non-hydrogen) atoms. The molecule has 8 heteroatoms. The summed E-state index contributed by atoms with van der Waals surface area (Å²) in [5.74, 6) is -0.785. The molecule has 2 heterocycles. The zero-order valence-electron chi connectivity index (χ0n) is 17.1. The molecule has 0 amide bonds. The largest absolute Gasteiger partial charge is 0.497 e. The SMILES string of the molecule is COc1ccc([C@@H]2CN(S(C)(=O)=O)[C@H]3CCN(Cc4cccc(F)c4F)C[C@@H]23)cc1. The maximum Gasteiger partial charge on any atom is 0.211 e. The molecule has 0 N–H and O–H groups in total. The molecule has 0 bridgehead atoms. The lowest BCUT2D eigenvalue weighted by Gasteiger charge is -2.38. The van der Waals surface area contributed by atoms with E-state index < -0.39 is 21.7 Å². The van der Waals surface area contributed by atoms with Crippen LogP contribution in [0.3, 0.4) is 0 Å². The van der Waals surface area contributed by atoms with Crippen molar-refractivity contribution in [2.45, 2.75) is 24.9 Å². The number of hydrogen-bond donors (Lipinski definition) is 0. The fourth-order valence-corrected chi connectivity index (χ4v) is 6.08. The number of ether oxygens (including phenoxy) is 1. The minimum atomic E-state index is -3.33. The number of hydrogen-bond acceptors (Lipinski definition) is 4. The van der Waals surface area contributed by atoms with E-state index in [4.69, 9.17) is 4.74 Å². The van der Waals surface area contributed by atoms with Crippen LogP contribution in [0.5, 0.6) is 5.75 Å². The van der Waals surface area contributed by atoms with Gasteiger partial charge in [0.1, 0.15) is 5.75 Å². The first kappa shape index (κ1) is 21.2. The lowest BCUT2D eigenvalue weighted by atomic mass is 9.82. The number of rotatable bonds is 5. The van der Waals surface area contributed by atoms with E-state index in [2.05, 4.69) is 4.90 Å². The van der Waals surface area contributed by atoms with Crippen LogP contribution in [0.1, 0.15) is 23.5 Å². The van der Waals surface area contributed by atoms with Gasteiger partial charge in [0.05, 0.1) is 13.4 Å². The first-order chi connectivity index (χ1) is 14.3. The van der Waals surface area contributed by atoms with Crippen molar-refractivity contribution in [3.63, 3.8) is 0 Å². The van der Waals surface area contributed by atoms with Crippen molar-refractivity contribution in [1.29, 1.82) is 0 Å². The maximum atomic E-state index is 14.2. The normalized spacial score (nSPS) is 25.3. The summed E-state index contributed by atoms with van der Waals surface area (Å²) in [4.78, 5) is 2.10. The van der Waals surface area contributed by atoms with Gasteiger partial charge in [-0.05, 0) is 36.1 Å². The summed E-state index contributed by atoms with van der Waals surface area (Å²) in [5.41, 5.74) is 1.39. The van der Waals surface area contributed by atoms with Gasteiger partial charge in [0.15, 0.2) is 11.6 Å². The quantitative estimate of drug-likeness (QED) is 0.722. The van der Waals surface area contributed by atoms with Crippen LogP contribution in [0.25, 0.3) is 0 Å². The summed E-state index contributed by atoms with van der Waals surface area (Å²) in [7, 11) is -1.73. The molecule has 2 aromatic rings. The highest BCUT2D eigenvalue weighted by molar-refractivity contribution is 7.88. The first-order valence-electron chi connectivity index (χ1n) is 10.0. The van der Waals surface area contributed by atoms with E-state index in [1.807, 2.05) is 24.3 Å². The molecule has 2 aliphatic heterocycles. The molecule has 0 radical (unpaired) electrons. The van der Waals surface area contributed by atoms with Crippen molar-refractivity contribution in [2.75, 3.05) is 33.0 Å². The second-order valence-corrected chi connectivity index (χ2v) is 10.1. The topological polar surface area (TPSA) is 49.9 Å². The summed E-state index contributed by atoms with van der Waals surface area (Å²) >= 11 is 0. The third-order valence-corrected chi connectivity index (χ3v) is 7.63. The summed E-state index contributed by atoms with van der Waals surface area (Å²) in [6.07, 6.45) is 1.93. The van der Waals surface area contributed by atoms with Crippen LogP contribution in [-0.4, -0.2) is 56.7 Å². The summed E-state index contributed by atoms with van der Waals surface area (Å²) in [6, 6.07) is 11.9. The molecule has 3 atom stereocenters. The van der Waals surface area contributed by atoms with E-state index in [0.29, 0.717) is 38.2 Å². The molecule has 0 unspecified atom stereocenters. The highest BCUT2D eigenvalue weighted by Gasteiger charge is 2.48. The molecule has 0 aromatic heterocycles. The molecule has 0 spiro atoms. The van der Waals surface area contributed by atoms with E-state index in [9.17, 15) is 17.2 Å². The van der Waals surface area contributed by atoms with Crippen molar-refractivity contribution >= 4 is 10.0 Å². The summed E-state index contributed by atoms with van der Waals surface area (Å²) in [5, 5.41) is 0. The molecule has 162 valence electrons. The molecule has 2 aliphatic rings. The van der Waals surface area contributed by atoms with E-state index in [1.54, 1.807) is 17.5 Å². The highest BCUT2D eigenvalue weighted by Crippen LogP contribution is 2.43. The van der Waals surface area contributed by atoms with Crippen LogP contribution >= 0.6 is 0 Å². The van der Waals surface area contributed by atoms with E-state index in [-0.39, 0.29) is 17.9 Å². The van der Waals surface area contributed by atoms with E-state index >= 15 is 0 Å². The second kappa shape index (κ2) is 8.24. The number of likely N-dealkylation sites (tertiary alicyclic amines) is 1. The summed E-state index contributed by atoms with van der Waals surface area (Å²) in [6.45, 7) is 2.01. The Bertz CT molecular complexity index is 1010. The van der Waals surface area contributed by atoms with Gasteiger partial charge < -0.3 is 4.74 Å². The van der Waals surface area contributed by atoms with Gasteiger partial charge in [0.25, 0.3) is 0 Å². The van der Waals surface area contributed by atoms with Crippen molar-refractivity contribution in [2.24, 2.45) is 5.92 Å². The van der Waals surface area contributed by atoms with Crippen LogP contribution in [0.2, 0.25) is 0 Å². The predicted octanol–water partition coefficient (Wildman–Crippen LogP) is 3.22. The van der Waals surface area contributed by atoms with Crippen LogP contribution in [0, 0.1) is 17.6 Å². The van der Waals surface area contributed by atoms with Gasteiger partial charge in [-0.1, -0.05) is 24.3 Å². The molecule has 2 aromatic carbocycles. The zero-order chi connectivity index (χ0) is 21.5. The monoisotopic (exact) mass is 436 g/mol. The zero-order valence-corrected chi connectivity index (χ0v) is 17.9. The number of halogens is 2. The van der Waals surface area contributed by atoms with Crippen LogP contribution in [0.15, 0.2) is 42.5 Å². The van der Waals surface area contributed by atoms with Crippen LogP contribution in [0.4, 0.5) is 8.78 Å². The number of methoxy groups -OCH3 is 1. The fourth-order valence-electron chi connectivity index (χ4n) is 4.90. The summed E-state index contributed by atoms with van der Waals surface area (Å²) < 4.78 is 59.5. The van der Waals surface area contributed by atoms with Crippen molar-refractivity contribution in [1.82, 2.24) is 9.21 Å². The standard InChI is InChI=1S/C22H26F2N2O3S/c1-29-17-8-6-15(7-9-17)18-14-26(30(2,27)28)21-10-11-25(13-19(18)21)12-16-4-3-5-20(23)22(16)24/h3-9,18-19,21H,10-14H2,1-2H3/t18-,19-,21-/m0/s1. The van der Waals surface area contributed by atoms with Gasteiger partial charge in [-0.25, -0.2) is 17.2 Å². The Morgan fingerprint density at radius 1 is 1.10 bits per heavy atom. The predicted molar refractivity (Wildman–Crippen MR) is 111 cm³/mol. The number of sulfonamides is 1. The minimum absolute atomic E-state index is 0.0378. The van der Waals surface area contributed by atoms with Gasteiger partial charge >= 0.3 is 0 Å². The number of piperidine rings is 1. The van der Waals surface area contributed by atoms with Crippen LogP contribution < -0.4 is 4.74 Å². The second-order valence-electron chi connectivity index (χ2n) is 8.18. The maximum absolute atomic E-state index is 14.2. The number of nitrogens with zero attached hydrogens (tertiary/aromatic N) is 2. The van der Waals surface area contributed by atoms with Gasteiger partial charge in [-0.15, -0.1) is 0 Å². The molecular formula is C22H26F2N2O3S. The number of benzene rings is 2. The lowest BCUT2D eigenvalue weighted by Crippen LogP contribution is -2.47. The number of fused-ring (bicyclic) bond motifs is 1. The van der Waals surface area contributed by atoms with Crippen LogP contribution in [-0.2, 0) is 16.6 Å². The molecule has 4 rings (SSSR count). The first-order valence-corrected chi connectivity index (χ1v) is 11.9. The van der Waals surface area contributed by atoms with Gasteiger partial charge in [-0.2, -0.15) is 4.31 Å². The van der Waals surface area contributed by atoms with E-state index in [1.165, 1.54) is 12.3 Å². The van der Waals surface area contributed by atoms with Gasteiger partial charge in [0, 0.05) is 43.7 Å². The Morgan fingerprint density at radius 2 is 1.83 bits per heavy atom. The highest BCUT2D eigenvalue weighted by atomic mass is 32.2. The molecule has 2 fully saturated rings. The van der Waals surface area contributed by atoms with E-state index in [0.717, 1.165) is 17.4 Å².